The molecule has 1 aliphatic rings. The van der Waals surface area contributed by atoms with E-state index in [1.807, 2.05) is 0 Å². The minimum absolute atomic E-state index is 0.151. The van der Waals surface area contributed by atoms with Crippen LogP contribution in [0.1, 0.15) is 25.0 Å². The van der Waals surface area contributed by atoms with Crippen molar-refractivity contribution in [3.63, 3.8) is 0 Å². The lowest BCUT2D eigenvalue weighted by molar-refractivity contribution is 0.660. The van der Waals surface area contributed by atoms with Crippen LogP contribution in [0.25, 0.3) is 82.5 Å². The Morgan fingerprint density at radius 3 is 1.84 bits per heavy atom. The number of para-hydroxylation sites is 4. The molecule has 0 aliphatic heterocycles. The van der Waals surface area contributed by atoms with E-state index in [0.29, 0.717) is 0 Å². The largest absolute Gasteiger partial charge is 0.455 e. The molecule has 2 heterocycles. The van der Waals surface area contributed by atoms with Crippen molar-refractivity contribution in [2.24, 2.45) is 0 Å². The molecule has 9 aromatic carbocycles. The van der Waals surface area contributed by atoms with Crippen LogP contribution in [0.5, 0.6) is 0 Å². The molecule has 12 rings (SSSR count). The summed E-state index contributed by atoms with van der Waals surface area (Å²) < 4.78 is 9.28. The van der Waals surface area contributed by atoms with Crippen LogP contribution in [0.3, 0.4) is 0 Å². The summed E-state index contributed by atoms with van der Waals surface area (Å²) in [5.74, 6) is 0. The summed E-state index contributed by atoms with van der Waals surface area (Å²) in [5.41, 5.74) is 15.8. The number of fused-ring (bicyclic) bond motifs is 10. The van der Waals surface area contributed by atoms with Gasteiger partial charge in [0.25, 0.3) is 0 Å². The zero-order chi connectivity index (χ0) is 38.5. The van der Waals surface area contributed by atoms with E-state index in [0.717, 1.165) is 55.8 Å². The van der Waals surface area contributed by atoms with Crippen molar-refractivity contribution in [3.8, 4) is 27.9 Å². The van der Waals surface area contributed by atoms with Gasteiger partial charge in [0.05, 0.1) is 22.4 Å². The number of furan rings is 1. The molecule has 2 aromatic heterocycles. The number of nitrogens with zero attached hydrogens (tertiary/aromatic N) is 2. The van der Waals surface area contributed by atoms with Gasteiger partial charge in [0.1, 0.15) is 11.2 Å². The first-order valence-corrected chi connectivity index (χ1v) is 20.1. The van der Waals surface area contributed by atoms with Crippen LogP contribution in [0, 0.1) is 0 Å². The SMILES string of the molecule is CC1(C)c2ccccc2-c2c(N(c3cccc(-n4c5ccccc5c5ccccc54)c3)c3ccccc3-c3cccc4c3oc3cc5ccccc5cc34)cccc21. The minimum atomic E-state index is -0.151. The van der Waals surface area contributed by atoms with Gasteiger partial charge in [-0.25, -0.2) is 0 Å². The summed E-state index contributed by atoms with van der Waals surface area (Å²) in [5, 5.41) is 7.12. The first-order chi connectivity index (χ1) is 28.5. The van der Waals surface area contributed by atoms with Gasteiger partial charge in [0.15, 0.2) is 0 Å². The smallest absolute Gasteiger partial charge is 0.143 e. The lowest BCUT2D eigenvalue weighted by Crippen LogP contribution is -2.16. The molecule has 0 spiro atoms. The fourth-order valence-electron chi connectivity index (χ4n) is 9.89. The summed E-state index contributed by atoms with van der Waals surface area (Å²) in [7, 11) is 0. The molecule has 0 atom stereocenters. The van der Waals surface area contributed by atoms with E-state index in [4.69, 9.17) is 4.42 Å². The lowest BCUT2D eigenvalue weighted by Gasteiger charge is -2.31. The van der Waals surface area contributed by atoms with E-state index in [-0.39, 0.29) is 5.41 Å². The second-order valence-electron chi connectivity index (χ2n) is 16.1. The van der Waals surface area contributed by atoms with Gasteiger partial charge < -0.3 is 13.9 Å². The molecule has 0 fully saturated rings. The fraction of sp³-hybridized carbons (Fsp3) is 0.0545. The van der Waals surface area contributed by atoms with E-state index >= 15 is 0 Å². The average molecular weight is 743 g/mol. The molecule has 0 unspecified atom stereocenters. The third-order valence-electron chi connectivity index (χ3n) is 12.6. The zero-order valence-electron chi connectivity index (χ0n) is 32.3. The summed E-state index contributed by atoms with van der Waals surface area (Å²) >= 11 is 0. The molecule has 58 heavy (non-hydrogen) atoms. The maximum Gasteiger partial charge on any atom is 0.143 e. The summed E-state index contributed by atoms with van der Waals surface area (Å²) in [4.78, 5) is 2.49. The van der Waals surface area contributed by atoms with Crippen molar-refractivity contribution < 1.29 is 4.42 Å². The molecule has 274 valence electrons. The van der Waals surface area contributed by atoms with E-state index in [9.17, 15) is 0 Å². The Morgan fingerprint density at radius 2 is 1.03 bits per heavy atom. The van der Waals surface area contributed by atoms with Gasteiger partial charge in [0.2, 0.25) is 0 Å². The molecule has 0 saturated carbocycles. The molecular weight excluding hydrogens is 705 g/mol. The van der Waals surface area contributed by atoms with Crippen LogP contribution in [0.2, 0.25) is 0 Å². The summed E-state index contributed by atoms with van der Waals surface area (Å²) in [6.45, 7) is 4.71. The first-order valence-electron chi connectivity index (χ1n) is 20.1. The van der Waals surface area contributed by atoms with E-state index in [2.05, 4.69) is 217 Å². The van der Waals surface area contributed by atoms with Crippen LogP contribution in [0.15, 0.2) is 199 Å². The molecule has 11 aromatic rings. The Balaban J connectivity index is 1.14. The van der Waals surface area contributed by atoms with Crippen LogP contribution >= 0.6 is 0 Å². The Morgan fingerprint density at radius 1 is 0.448 bits per heavy atom. The number of rotatable bonds is 5. The van der Waals surface area contributed by atoms with Crippen LogP contribution in [-0.4, -0.2) is 4.57 Å². The lowest BCUT2D eigenvalue weighted by atomic mass is 9.82. The molecule has 3 nitrogen and oxygen atoms in total. The van der Waals surface area contributed by atoms with Gasteiger partial charge in [0, 0.05) is 55.0 Å². The number of hydrogen-bond donors (Lipinski definition) is 0. The zero-order valence-corrected chi connectivity index (χ0v) is 32.3. The Hall–Kier alpha value is -7.36. The van der Waals surface area contributed by atoms with Gasteiger partial charge in [-0.15, -0.1) is 0 Å². The average Bonchev–Trinajstić information content (AvgIpc) is 3.89. The number of benzene rings is 9. The predicted octanol–water partition coefficient (Wildman–Crippen LogP) is 15.3. The highest BCUT2D eigenvalue weighted by molar-refractivity contribution is 6.14. The molecule has 3 heteroatoms. The third-order valence-corrected chi connectivity index (χ3v) is 12.6. The number of hydrogen-bond acceptors (Lipinski definition) is 2. The minimum Gasteiger partial charge on any atom is -0.455 e. The van der Waals surface area contributed by atoms with Crippen molar-refractivity contribution in [3.05, 3.63) is 205 Å². The highest BCUT2D eigenvalue weighted by atomic mass is 16.3. The fourth-order valence-corrected chi connectivity index (χ4v) is 9.89. The monoisotopic (exact) mass is 742 g/mol. The highest BCUT2D eigenvalue weighted by Crippen LogP contribution is 2.55. The van der Waals surface area contributed by atoms with E-state index in [1.165, 1.54) is 54.8 Å². The molecule has 0 radical (unpaired) electrons. The maximum atomic E-state index is 6.87. The van der Waals surface area contributed by atoms with Crippen LogP contribution in [-0.2, 0) is 5.41 Å². The van der Waals surface area contributed by atoms with Crippen LogP contribution in [0.4, 0.5) is 17.1 Å². The number of aromatic nitrogens is 1. The maximum absolute atomic E-state index is 6.87. The van der Waals surface area contributed by atoms with E-state index in [1.54, 1.807) is 0 Å². The molecule has 0 amide bonds. The first kappa shape index (κ1) is 32.8. The Bertz CT molecular complexity index is 3400. The number of anilines is 3. The summed E-state index contributed by atoms with van der Waals surface area (Å²) in [6.07, 6.45) is 0. The van der Waals surface area contributed by atoms with Gasteiger partial charge in [-0.1, -0.05) is 153 Å². The Kier molecular flexibility index (Phi) is 6.98. The van der Waals surface area contributed by atoms with Crippen molar-refractivity contribution in [2.75, 3.05) is 4.90 Å². The van der Waals surface area contributed by atoms with Crippen molar-refractivity contribution in [1.29, 1.82) is 0 Å². The predicted molar refractivity (Wildman–Crippen MR) is 243 cm³/mol. The molecule has 0 bridgehead atoms. The molecule has 1 aliphatic carbocycles. The van der Waals surface area contributed by atoms with Crippen LogP contribution < -0.4 is 4.90 Å². The second-order valence-corrected chi connectivity index (χ2v) is 16.1. The molecule has 0 N–H and O–H groups in total. The second kappa shape index (κ2) is 12.3. The normalized spacial score (nSPS) is 13.1. The van der Waals surface area contributed by atoms with E-state index < -0.39 is 0 Å². The molecule has 0 saturated heterocycles. The quantitative estimate of drug-likeness (QED) is 0.175. The van der Waals surface area contributed by atoms with Crippen molar-refractivity contribution in [1.82, 2.24) is 4.57 Å². The van der Waals surface area contributed by atoms with Gasteiger partial charge in [-0.05, 0) is 82.1 Å². The summed E-state index contributed by atoms with van der Waals surface area (Å²) in [6, 6.07) is 70.7. The van der Waals surface area contributed by atoms with Gasteiger partial charge in [-0.3, -0.25) is 0 Å². The highest BCUT2D eigenvalue weighted by Gasteiger charge is 2.38. The van der Waals surface area contributed by atoms with Crippen molar-refractivity contribution >= 4 is 71.6 Å². The standard InChI is InChI=1S/C55H38N2O/c1-55(2)46-26-9-5-23-44(46)53-47(55)27-15-31-51(53)57(38-19-13-18-37(34-38)56-48-28-10-6-20-39(48)40-21-7-11-29-49(40)56)50-30-12-8-22-41(50)42-24-14-25-43-45-32-35-16-3-4-17-36(35)33-52(45)58-54(42)43/h3-34H,1-2H3. The van der Waals surface area contributed by atoms with Crippen molar-refractivity contribution in [2.45, 2.75) is 19.3 Å². The molecular formula is C55H38N2O. The third kappa shape index (κ3) is 4.68. The van der Waals surface area contributed by atoms with Gasteiger partial charge >= 0.3 is 0 Å². The van der Waals surface area contributed by atoms with Gasteiger partial charge in [-0.2, -0.15) is 0 Å². The Labute approximate surface area is 336 Å². The topological polar surface area (TPSA) is 21.3 Å².